The van der Waals surface area contributed by atoms with Crippen molar-refractivity contribution in [2.45, 2.75) is 35.9 Å². The van der Waals surface area contributed by atoms with E-state index in [0.717, 1.165) is 33.8 Å². The monoisotopic (exact) mass is 554 g/mol. The summed E-state index contributed by atoms with van der Waals surface area (Å²) in [6.45, 7) is 1.97. The number of ether oxygens (including phenoxy) is 2. The molecule has 0 bridgehead atoms. The summed E-state index contributed by atoms with van der Waals surface area (Å²) in [5, 5.41) is 0.729. The number of nitrogens with two attached hydrogens (primary N) is 1. The van der Waals surface area contributed by atoms with Crippen molar-refractivity contribution >= 4 is 54.7 Å². The Morgan fingerprint density at radius 3 is 2.85 bits per heavy atom. The summed E-state index contributed by atoms with van der Waals surface area (Å²) in [6, 6.07) is 3.80. The van der Waals surface area contributed by atoms with Crippen LogP contribution in [0.5, 0.6) is 11.5 Å². The van der Waals surface area contributed by atoms with Gasteiger partial charge < -0.3 is 19.8 Å². The average molecular weight is 555 g/mol. The maximum Gasteiger partial charge on any atom is 0.231 e. The molecule has 3 aromatic rings. The second-order valence-electron chi connectivity index (χ2n) is 8.13. The molecule has 0 amide bonds. The fourth-order valence-electron chi connectivity index (χ4n) is 4.16. The summed E-state index contributed by atoms with van der Waals surface area (Å²) in [5.74, 6) is 1.97. The number of aryl methyl sites for hydroxylation is 1. The van der Waals surface area contributed by atoms with Gasteiger partial charge in [-0.2, -0.15) is 0 Å². The van der Waals surface area contributed by atoms with Crippen LogP contribution in [-0.2, 0) is 16.6 Å². The molecule has 33 heavy (non-hydrogen) atoms. The molecule has 2 aliphatic rings. The molecule has 0 spiro atoms. The maximum absolute atomic E-state index is 12.0. The van der Waals surface area contributed by atoms with Crippen molar-refractivity contribution in [1.82, 2.24) is 23.8 Å². The van der Waals surface area contributed by atoms with Crippen LogP contribution in [0.3, 0.4) is 0 Å². The van der Waals surface area contributed by atoms with E-state index in [4.69, 9.17) is 20.2 Å². The lowest BCUT2D eigenvalue weighted by Crippen LogP contribution is -2.39. The van der Waals surface area contributed by atoms with Crippen molar-refractivity contribution in [1.29, 1.82) is 0 Å². The van der Waals surface area contributed by atoms with Gasteiger partial charge >= 0.3 is 0 Å². The summed E-state index contributed by atoms with van der Waals surface area (Å²) < 4.78 is 39.4. The van der Waals surface area contributed by atoms with Crippen molar-refractivity contribution < 1.29 is 17.9 Å². The highest BCUT2D eigenvalue weighted by Gasteiger charge is 2.27. The molecule has 2 N–H and O–H groups in total. The van der Waals surface area contributed by atoms with Crippen molar-refractivity contribution in [3.05, 3.63) is 22.9 Å². The third-order valence-corrected chi connectivity index (χ3v) is 9.11. The van der Waals surface area contributed by atoms with Crippen LogP contribution in [0.2, 0.25) is 0 Å². The lowest BCUT2D eigenvalue weighted by atomic mass is 9.96. The van der Waals surface area contributed by atoms with E-state index in [1.165, 1.54) is 24.3 Å². The highest BCUT2D eigenvalue weighted by molar-refractivity contribution is 9.10. The molecule has 1 unspecified atom stereocenters. The number of fused-ring (bicyclic) bond motifs is 2. The SMILES string of the molecule is CS(=O)(=O)N1CCCC(CCn2c(Sc3cc4c(cc3Br)OCO4)nc3c(N)ncnc32)C1. The van der Waals surface area contributed by atoms with Crippen LogP contribution in [0, 0.1) is 5.92 Å². The number of nitrogen functional groups attached to an aromatic ring is 1. The Morgan fingerprint density at radius 1 is 1.27 bits per heavy atom. The minimum absolute atomic E-state index is 0.201. The Hall–Kier alpha value is -2.09. The van der Waals surface area contributed by atoms with Gasteiger partial charge in [-0.15, -0.1) is 0 Å². The van der Waals surface area contributed by atoms with Crippen LogP contribution in [0.15, 0.2) is 33.0 Å². The van der Waals surface area contributed by atoms with Crippen LogP contribution in [0.1, 0.15) is 19.3 Å². The van der Waals surface area contributed by atoms with E-state index in [2.05, 4.69) is 25.9 Å². The standard InChI is InChI=1S/C20H23BrN6O4S2/c1-33(28,29)26-5-2-3-12(9-26)4-6-27-19-17(18(22)23-10-24-19)25-20(27)32-16-8-15-14(7-13(16)21)30-11-31-15/h7-8,10,12H,2-6,9,11H2,1H3,(H2,22,23,24). The lowest BCUT2D eigenvalue weighted by Gasteiger charge is -2.31. The van der Waals surface area contributed by atoms with Crippen LogP contribution in [0.25, 0.3) is 11.2 Å². The number of sulfonamides is 1. The highest BCUT2D eigenvalue weighted by Crippen LogP contribution is 2.43. The number of piperidine rings is 1. The Balaban J connectivity index is 1.43. The summed E-state index contributed by atoms with van der Waals surface area (Å²) in [6.07, 6.45) is 5.37. The lowest BCUT2D eigenvalue weighted by molar-refractivity contribution is 0.174. The van der Waals surface area contributed by atoms with Gasteiger partial charge in [0.2, 0.25) is 16.8 Å². The van der Waals surface area contributed by atoms with Gasteiger partial charge in [0, 0.05) is 29.0 Å². The van der Waals surface area contributed by atoms with Gasteiger partial charge in [-0.05, 0) is 53.2 Å². The number of hydrogen-bond donors (Lipinski definition) is 1. The van der Waals surface area contributed by atoms with Gasteiger partial charge in [-0.25, -0.2) is 27.7 Å². The molecule has 1 atom stereocenters. The van der Waals surface area contributed by atoms with Crippen molar-refractivity contribution in [3.63, 3.8) is 0 Å². The molecule has 10 nitrogen and oxygen atoms in total. The van der Waals surface area contributed by atoms with E-state index in [9.17, 15) is 8.42 Å². The molecule has 0 radical (unpaired) electrons. The third kappa shape index (κ3) is 4.63. The zero-order valence-corrected chi connectivity index (χ0v) is 21.1. The number of anilines is 1. The molecule has 4 heterocycles. The second-order valence-corrected chi connectivity index (χ2v) is 12.0. The quantitative estimate of drug-likeness (QED) is 0.488. The molecule has 0 aliphatic carbocycles. The largest absolute Gasteiger partial charge is 0.454 e. The molecule has 1 aromatic carbocycles. The Kier molecular flexibility index (Phi) is 6.14. The van der Waals surface area contributed by atoms with Gasteiger partial charge in [0.25, 0.3) is 0 Å². The van der Waals surface area contributed by atoms with Gasteiger partial charge in [-0.1, -0.05) is 11.8 Å². The first kappa shape index (κ1) is 22.7. The number of imidazole rings is 1. The predicted octanol–water partition coefficient (Wildman–Crippen LogP) is 3.11. The number of hydrogen-bond acceptors (Lipinski definition) is 9. The van der Waals surface area contributed by atoms with E-state index in [1.807, 2.05) is 16.7 Å². The highest BCUT2D eigenvalue weighted by atomic mass is 79.9. The number of rotatable bonds is 6. The summed E-state index contributed by atoms with van der Waals surface area (Å²) in [7, 11) is -3.18. The zero-order valence-electron chi connectivity index (χ0n) is 17.9. The average Bonchev–Trinajstić information content (AvgIpc) is 3.37. The van der Waals surface area contributed by atoms with Crippen LogP contribution >= 0.6 is 27.7 Å². The first-order valence-corrected chi connectivity index (χ1v) is 13.9. The maximum atomic E-state index is 12.0. The molecule has 2 aliphatic heterocycles. The van der Waals surface area contributed by atoms with E-state index in [-0.39, 0.29) is 12.7 Å². The van der Waals surface area contributed by atoms with E-state index in [0.29, 0.717) is 48.1 Å². The van der Waals surface area contributed by atoms with E-state index in [1.54, 1.807) is 4.31 Å². The van der Waals surface area contributed by atoms with Gasteiger partial charge in [-0.3, -0.25) is 0 Å². The molecule has 2 aromatic heterocycles. The first-order valence-electron chi connectivity index (χ1n) is 10.5. The smallest absolute Gasteiger partial charge is 0.231 e. The topological polar surface area (TPSA) is 125 Å². The normalized spacial score (nSPS) is 18.8. The van der Waals surface area contributed by atoms with Crippen molar-refractivity contribution in [3.8, 4) is 11.5 Å². The fourth-order valence-corrected chi connectivity index (χ4v) is 6.62. The molecular weight excluding hydrogens is 532 g/mol. The molecule has 5 rings (SSSR count). The number of benzene rings is 1. The van der Waals surface area contributed by atoms with Crippen LogP contribution in [0.4, 0.5) is 5.82 Å². The van der Waals surface area contributed by atoms with Crippen molar-refractivity contribution in [2.75, 3.05) is 31.9 Å². The zero-order chi connectivity index (χ0) is 23.2. The molecule has 13 heteroatoms. The van der Waals surface area contributed by atoms with Crippen LogP contribution in [-0.4, -0.2) is 58.4 Å². The summed E-state index contributed by atoms with van der Waals surface area (Å²) >= 11 is 5.08. The van der Waals surface area contributed by atoms with Crippen LogP contribution < -0.4 is 15.2 Å². The Bertz CT molecular complexity index is 1320. The molecule has 176 valence electrons. The predicted molar refractivity (Wildman–Crippen MR) is 128 cm³/mol. The van der Waals surface area contributed by atoms with Crippen molar-refractivity contribution in [2.24, 2.45) is 5.92 Å². The Labute approximate surface area is 204 Å². The first-order chi connectivity index (χ1) is 15.8. The second kappa shape index (κ2) is 8.93. The Morgan fingerprint density at radius 2 is 2.06 bits per heavy atom. The number of nitrogens with zero attached hydrogens (tertiary/aromatic N) is 5. The van der Waals surface area contributed by atoms with Gasteiger partial charge in [0.1, 0.15) is 6.33 Å². The van der Waals surface area contributed by atoms with Gasteiger partial charge in [0.15, 0.2) is 33.6 Å². The molecule has 0 saturated carbocycles. The van der Waals surface area contributed by atoms with E-state index < -0.39 is 10.0 Å². The third-order valence-electron chi connectivity index (χ3n) is 5.87. The summed E-state index contributed by atoms with van der Waals surface area (Å²) in [4.78, 5) is 14.2. The van der Waals surface area contributed by atoms with Gasteiger partial charge in [0.05, 0.1) is 6.26 Å². The summed E-state index contributed by atoms with van der Waals surface area (Å²) in [5.41, 5.74) is 7.30. The fraction of sp³-hybridized carbons (Fsp3) is 0.450. The molecular formula is C20H23BrN6O4S2. The molecule has 1 saturated heterocycles. The van der Waals surface area contributed by atoms with E-state index >= 15 is 0 Å². The number of halogens is 1. The molecule has 1 fully saturated rings. The minimum atomic E-state index is -3.18. The minimum Gasteiger partial charge on any atom is -0.454 e. The number of aromatic nitrogens is 4.